The van der Waals surface area contributed by atoms with E-state index in [1.54, 1.807) is 5.57 Å². The lowest BCUT2D eigenvalue weighted by atomic mass is 9.48. The lowest BCUT2D eigenvalue weighted by molar-refractivity contribution is -0.180. The van der Waals surface area contributed by atoms with Crippen LogP contribution in [0.3, 0.4) is 0 Å². The zero-order valence-electron chi connectivity index (χ0n) is 15.0. The molecule has 1 spiro atoms. The van der Waals surface area contributed by atoms with E-state index in [4.69, 9.17) is 4.74 Å². The lowest BCUT2D eigenvalue weighted by Crippen LogP contribution is -2.49. The molecule has 1 N–H and O–H groups in total. The highest BCUT2D eigenvalue weighted by atomic mass is 16.6. The Hall–Kier alpha value is -0.670. The molecule has 4 fully saturated rings. The maximum Gasteiger partial charge on any atom is 0.166 e. The predicted octanol–water partition coefficient (Wildman–Crippen LogP) is 3.85. The number of hydrogen-bond donors (Lipinski definition) is 1. The van der Waals surface area contributed by atoms with Crippen molar-refractivity contribution < 1.29 is 14.6 Å². The van der Waals surface area contributed by atoms with Crippen LogP contribution in [-0.2, 0) is 9.53 Å². The minimum Gasteiger partial charge on any atom is -0.365 e. The molecular formula is C21H30O3. The van der Waals surface area contributed by atoms with Gasteiger partial charge in [0.05, 0.1) is 6.61 Å². The van der Waals surface area contributed by atoms with E-state index in [9.17, 15) is 9.90 Å². The molecule has 132 valence electrons. The predicted molar refractivity (Wildman–Crippen MR) is 91.1 cm³/mol. The number of allylic oxidation sites excluding steroid dienone is 2. The van der Waals surface area contributed by atoms with Crippen molar-refractivity contribution in [3.8, 4) is 0 Å². The van der Waals surface area contributed by atoms with Crippen molar-refractivity contribution in [2.75, 3.05) is 6.61 Å². The Balaban J connectivity index is 1.53. The van der Waals surface area contributed by atoms with Gasteiger partial charge in [-0.15, -0.1) is 0 Å². The van der Waals surface area contributed by atoms with E-state index in [2.05, 4.69) is 13.0 Å². The van der Waals surface area contributed by atoms with Crippen LogP contribution in [0.25, 0.3) is 0 Å². The zero-order chi connectivity index (χ0) is 16.7. The van der Waals surface area contributed by atoms with Crippen molar-refractivity contribution in [1.29, 1.82) is 0 Å². The number of ketones is 1. The summed E-state index contributed by atoms with van der Waals surface area (Å²) in [6.07, 6.45) is 11.0. The maximum atomic E-state index is 12.0. The van der Waals surface area contributed by atoms with Crippen molar-refractivity contribution in [2.24, 2.45) is 34.5 Å². The van der Waals surface area contributed by atoms with Gasteiger partial charge < -0.3 is 9.84 Å². The van der Waals surface area contributed by atoms with Crippen LogP contribution in [0.4, 0.5) is 0 Å². The molecular weight excluding hydrogens is 300 g/mol. The molecule has 24 heavy (non-hydrogen) atoms. The van der Waals surface area contributed by atoms with Gasteiger partial charge in [-0.1, -0.05) is 18.6 Å². The summed E-state index contributed by atoms with van der Waals surface area (Å²) >= 11 is 0. The number of carbonyl (C=O) groups excluding carboxylic acids is 1. The summed E-state index contributed by atoms with van der Waals surface area (Å²) in [6, 6.07) is 0. The molecule has 0 radical (unpaired) electrons. The average Bonchev–Trinajstić information content (AvgIpc) is 3.04. The molecule has 0 aromatic heterocycles. The summed E-state index contributed by atoms with van der Waals surface area (Å²) in [6.45, 7) is 5.04. The first-order valence-electron chi connectivity index (χ1n) is 9.95. The van der Waals surface area contributed by atoms with Crippen LogP contribution in [0.5, 0.6) is 0 Å². The highest BCUT2D eigenvalue weighted by Crippen LogP contribution is 2.68. The topological polar surface area (TPSA) is 46.5 Å². The third-order valence-electron chi connectivity index (χ3n) is 8.85. The highest BCUT2D eigenvalue weighted by Gasteiger charge is 2.65. The van der Waals surface area contributed by atoms with Gasteiger partial charge in [-0.3, -0.25) is 4.79 Å². The Morgan fingerprint density at radius 2 is 2.04 bits per heavy atom. The fraction of sp³-hybridized carbons (Fsp3) is 0.857. The molecule has 0 unspecified atom stereocenters. The summed E-state index contributed by atoms with van der Waals surface area (Å²) in [5.41, 5.74) is 2.10. The quantitative estimate of drug-likeness (QED) is 0.686. The van der Waals surface area contributed by atoms with Crippen molar-refractivity contribution in [3.63, 3.8) is 0 Å². The van der Waals surface area contributed by atoms with Crippen LogP contribution < -0.4 is 0 Å². The average molecular weight is 330 g/mol. The zero-order valence-corrected chi connectivity index (χ0v) is 15.0. The molecule has 5 rings (SSSR count). The SMILES string of the molecule is C[C@@]12CCC(=O)C[C@H]1CC[C@H]1C2=CC[C@@]23CO[C@@](C)(O)[C@@H]2CC[C@H]13. The first-order chi connectivity index (χ1) is 11.4. The second kappa shape index (κ2) is 4.73. The van der Waals surface area contributed by atoms with Crippen LogP contribution in [0, 0.1) is 34.5 Å². The Morgan fingerprint density at radius 3 is 2.88 bits per heavy atom. The number of fused-ring (bicyclic) bond motifs is 4. The van der Waals surface area contributed by atoms with Gasteiger partial charge in [0, 0.05) is 24.2 Å². The van der Waals surface area contributed by atoms with Gasteiger partial charge in [-0.25, -0.2) is 0 Å². The number of carbonyl (C=O) groups is 1. The van der Waals surface area contributed by atoms with Crippen LogP contribution in [0.15, 0.2) is 11.6 Å². The molecule has 0 aromatic carbocycles. The van der Waals surface area contributed by atoms with E-state index in [0.29, 0.717) is 29.5 Å². The number of ether oxygens (including phenoxy) is 1. The molecule has 1 heterocycles. The van der Waals surface area contributed by atoms with Gasteiger partial charge in [0.25, 0.3) is 0 Å². The molecule has 3 saturated carbocycles. The van der Waals surface area contributed by atoms with Crippen LogP contribution in [-0.4, -0.2) is 23.3 Å². The van der Waals surface area contributed by atoms with E-state index >= 15 is 0 Å². The van der Waals surface area contributed by atoms with Gasteiger partial charge >= 0.3 is 0 Å². The van der Waals surface area contributed by atoms with E-state index in [1.165, 1.54) is 19.3 Å². The van der Waals surface area contributed by atoms with Crippen molar-refractivity contribution in [2.45, 2.75) is 71.0 Å². The van der Waals surface area contributed by atoms with E-state index in [0.717, 1.165) is 38.7 Å². The molecule has 5 aliphatic rings. The van der Waals surface area contributed by atoms with E-state index < -0.39 is 5.79 Å². The van der Waals surface area contributed by atoms with Crippen molar-refractivity contribution in [1.82, 2.24) is 0 Å². The normalized spacial score (nSPS) is 56.1. The number of Topliss-reactive ketones (excluding diaryl/α,β-unsaturated/α-hetero) is 1. The van der Waals surface area contributed by atoms with Gasteiger partial charge in [0.2, 0.25) is 0 Å². The van der Waals surface area contributed by atoms with Crippen LogP contribution in [0.2, 0.25) is 0 Å². The minimum absolute atomic E-state index is 0.172. The maximum absolute atomic E-state index is 12.0. The molecule has 3 heteroatoms. The Bertz CT molecular complexity index is 621. The largest absolute Gasteiger partial charge is 0.365 e. The standard InChI is InChI=1S/C21H30O3/c1-19-9-7-14(22)11-13(19)3-4-15-16(19)8-10-21-12-24-20(2,23)18(21)6-5-17(15)21/h8,13,15,17-18,23H,3-7,9-12H2,1-2H3/t13-,15+,17-,18+,19-,20-,21+/m1/s1. The van der Waals surface area contributed by atoms with E-state index in [-0.39, 0.29) is 10.8 Å². The Kier molecular flexibility index (Phi) is 3.07. The van der Waals surface area contributed by atoms with Gasteiger partial charge in [0.15, 0.2) is 5.79 Å². The van der Waals surface area contributed by atoms with Crippen LogP contribution in [0.1, 0.15) is 65.2 Å². The van der Waals surface area contributed by atoms with Gasteiger partial charge in [0.1, 0.15) is 5.78 Å². The number of hydrogen-bond acceptors (Lipinski definition) is 3. The summed E-state index contributed by atoms with van der Waals surface area (Å²) in [4.78, 5) is 12.0. The fourth-order valence-electron chi connectivity index (χ4n) is 7.59. The summed E-state index contributed by atoms with van der Waals surface area (Å²) in [5.74, 6) is 1.74. The van der Waals surface area contributed by atoms with E-state index in [1.807, 2.05) is 6.92 Å². The summed E-state index contributed by atoms with van der Waals surface area (Å²) < 4.78 is 5.87. The van der Waals surface area contributed by atoms with Gasteiger partial charge in [-0.2, -0.15) is 0 Å². The molecule has 7 atom stereocenters. The summed E-state index contributed by atoms with van der Waals surface area (Å²) in [5, 5.41) is 10.7. The molecule has 0 bridgehead atoms. The molecule has 1 aliphatic heterocycles. The minimum atomic E-state index is -0.932. The van der Waals surface area contributed by atoms with Crippen molar-refractivity contribution in [3.05, 3.63) is 11.6 Å². The number of aliphatic hydroxyl groups is 1. The second-order valence-electron chi connectivity index (χ2n) is 9.72. The fourth-order valence-corrected chi connectivity index (χ4v) is 7.59. The van der Waals surface area contributed by atoms with Crippen molar-refractivity contribution >= 4 is 5.78 Å². The van der Waals surface area contributed by atoms with Gasteiger partial charge in [-0.05, 0) is 68.6 Å². The molecule has 0 amide bonds. The number of rotatable bonds is 0. The molecule has 1 saturated heterocycles. The summed E-state index contributed by atoms with van der Waals surface area (Å²) in [7, 11) is 0. The lowest BCUT2D eigenvalue weighted by Gasteiger charge is -2.55. The first-order valence-corrected chi connectivity index (χ1v) is 9.95. The third-order valence-corrected chi connectivity index (χ3v) is 8.85. The second-order valence-corrected chi connectivity index (χ2v) is 9.72. The van der Waals surface area contributed by atoms with Crippen LogP contribution >= 0.6 is 0 Å². The molecule has 3 nitrogen and oxygen atoms in total. The smallest absolute Gasteiger partial charge is 0.166 e. The Morgan fingerprint density at radius 1 is 1.21 bits per heavy atom. The highest BCUT2D eigenvalue weighted by molar-refractivity contribution is 5.80. The first kappa shape index (κ1) is 15.6. The Labute approximate surface area is 144 Å². The molecule has 0 aromatic rings. The monoisotopic (exact) mass is 330 g/mol. The third kappa shape index (κ3) is 1.78. The molecule has 4 aliphatic carbocycles.